The molecule has 1 aromatic carbocycles. The first-order valence-electron chi connectivity index (χ1n) is 9.10. The molecule has 0 bridgehead atoms. The number of pyridine rings is 1. The van der Waals surface area contributed by atoms with Gasteiger partial charge in [0.15, 0.2) is 0 Å². The van der Waals surface area contributed by atoms with Gasteiger partial charge in [-0.1, -0.05) is 23.7 Å². The van der Waals surface area contributed by atoms with Gasteiger partial charge in [0.1, 0.15) is 6.10 Å². The molecule has 4 rings (SSSR count). The van der Waals surface area contributed by atoms with Crippen LogP contribution in [-0.2, 0) is 0 Å². The molecular formula is C20H22ClN3O2. The number of aromatic nitrogens is 1. The Balaban J connectivity index is 1.46. The summed E-state index contributed by atoms with van der Waals surface area (Å²) in [6, 6.07) is 11.4. The van der Waals surface area contributed by atoms with Gasteiger partial charge in [-0.15, -0.1) is 0 Å². The highest BCUT2D eigenvalue weighted by molar-refractivity contribution is 6.30. The number of amides is 1. The highest BCUT2D eigenvalue weighted by atomic mass is 35.5. The molecule has 1 aliphatic heterocycles. The fourth-order valence-corrected chi connectivity index (χ4v) is 3.53. The largest absolute Gasteiger partial charge is 0.474 e. The van der Waals surface area contributed by atoms with Crippen molar-refractivity contribution >= 4 is 17.5 Å². The first kappa shape index (κ1) is 17.3. The topological polar surface area (TPSA) is 54.5 Å². The van der Waals surface area contributed by atoms with E-state index >= 15 is 0 Å². The van der Waals surface area contributed by atoms with Gasteiger partial charge in [-0.2, -0.15) is 0 Å². The van der Waals surface area contributed by atoms with Crippen molar-refractivity contribution in [1.29, 1.82) is 0 Å². The number of halogens is 1. The molecular weight excluding hydrogens is 350 g/mol. The second-order valence-electron chi connectivity index (χ2n) is 6.87. The van der Waals surface area contributed by atoms with Gasteiger partial charge >= 0.3 is 0 Å². The van der Waals surface area contributed by atoms with Crippen molar-refractivity contribution in [3.8, 4) is 5.88 Å². The summed E-state index contributed by atoms with van der Waals surface area (Å²) in [7, 11) is 0. The monoisotopic (exact) mass is 371 g/mol. The molecule has 1 aromatic heterocycles. The molecule has 26 heavy (non-hydrogen) atoms. The molecule has 0 spiro atoms. The number of carbonyl (C=O) groups is 1. The predicted molar refractivity (Wildman–Crippen MR) is 101 cm³/mol. The Bertz CT molecular complexity index is 794. The number of rotatable bonds is 4. The molecule has 1 atom stereocenters. The van der Waals surface area contributed by atoms with Crippen LogP contribution in [0.1, 0.15) is 41.2 Å². The standard InChI is InChI=1S/C20H22ClN3O2/c21-16-4-1-3-14(11-16)18-13-24(10-9-22-18)20(25)15-7-8-23-19(12-15)26-17-5-2-6-17/h1,3-4,7-8,11-12,17-18,22H,2,5-6,9-10,13H2/t18-/m1/s1. The maximum absolute atomic E-state index is 13.0. The molecule has 1 saturated carbocycles. The normalized spacial score (nSPS) is 20.5. The van der Waals surface area contributed by atoms with Crippen molar-refractivity contribution in [2.75, 3.05) is 19.6 Å². The third-order valence-electron chi connectivity index (χ3n) is 5.04. The van der Waals surface area contributed by atoms with E-state index in [0.29, 0.717) is 29.6 Å². The van der Waals surface area contributed by atoms with Crippen LogP contribution in [0.3, 0.4) is 0 Å². The molecule has 5 nitrogen and oxygen atoms in total. The van der Waals surface area contributed by atoms with Gasteiger partial charge in [0.2, 0.25) is 5.88 Å². The molecule has 6 heteroatoms. The van der Waals surface area contributed by atoms with E-state index in [9.17, 15) is 4.79 Å². The molecule has 1 saturated heterocycles. The van der Waals surface area contributed by atoms with E-state index in [1.807, 2.05) is 29.2 Å². The minimum absolute atomic E-state index is 0.0133. The Morgan fingerprint density at radius 2 is 2.15 bits per heavy atom. The average Bonchev–Trinajstić information content (AvgIpc) is 2.64. The number of ether oxygens (including phenoxy) is 1. The van der Waals surface area contributed by atoms with Gasteiger partial charge in [0, 0.05) is 42.5 Å². The number of nitrogens with zero attached hydrogens (tertiary/aromatic N) is 2. The molecule has 2 aromatic rings. The van der Waals surface area contributed by atoms with Crippen molar-refractivity contribution in [3.05, 3.63) is 58.7 Å². The van der Waals surface area contributed by atoms with E-state index in [4.69, 9.17) is 16.3 Å². The average molecular weight is 372 g/mol. The van der Waals surface area contributed by atoms with Gasteiger partial charge < -0.3 is 15.0 Å². The van der Waals surface area contributed by atoms with Gasteiger partial charge in [-0.05, 0) is 43.0 Å². The SMILES string of the molecule is O=C(c1ccnc(OC2CCC2)c1)N1CCN[C@@H](c2cccc(Cl)c2)C1. The lowest BCUT2D eigenvalue weighted by Crippen LogP contribution is -2.48. The maximum atomic E-state index is 13.0. The summed E-state index contributed by atoms with van der Waals surface area (Å²) >= 11 is 6.11. The van der Waals surface area contributed by atoms with Crippen molar-refractivity contribution in [2.45, 2.75) is 31.4 Å². The van der Waals surface area contributed by atoms with Crippen LogP contribution in [0.25, 0.3) is 0 Å². The fourth-order valence-electron chi connectivity index (χ4n) is 3.33. The van der Waals surface area contributed by atoms with E-state index in [1.54, 1.807) is 18.3 Å². The van der Waals surface area contributed by atoms with Crippen LogP contribution >= 0.6 is 11.6 Å². The lowest BCUT2D eigenvalue weighted by atomic mass is 9.96. The third kappa shape index (κ3) is 3.84. The van der Waals surface area contributed by atoms with Crippen LogP contribution in [0.15, 0.2) is 42.6 Å². The molecule has 0 unspecified atom stereocenters. The lowest BCUT2D eigenvalue weighted by molar-refractivity contribution is 0.0700. The van der Waals surface area contributed by atoms with Gasteiger partial charge in [-0.25, -0.2) is 4.98 Å². The Labute approximate surface area is 158 Å². The van der Waals surface area contributed by atoms with E-state index < -0.39 is 0 Å². The summed E-state index contributed by atoms with van der Waals surface area (Å²) < 4.78 is 5.82. The summed E-state index contributed by atoms with van der Waals surface area (Å²) in [4.78, 5) is 19.1. The Morgan fingerprint density at radius 1 is 1.27 bits per heavy atom. The van der Waals surface area contributed by atoms with E-state index in [2.05, 4.69) is 10.3 Å². The molecule has 0 radical (unpaired) electrons. The summed E-state index contributed by atoms with van der Waals surface area (Å²) in [6.07, 6.45) is 5.24. The zero-order valence-corrected chi connectivity index (χ0v) is 15.3. The molecule has 1 amide bonds. The highest BCUT2D eigenvalue weighted by Gasteiger charge is 2.26. The van der Waals surface area contributed by atoms with E-state index in [0.717, 1.165) is 24.9 Å². The first-order chi connectivity index (χ1) is 12.7. The zero-order chi connectivity index (χ0) is 17.9. The minimum Gasteiger partial charge on any atom is -0.474 e. The third-order valence-corrected chi connectivity index (χ3v) is 5.27. The number of piperazine rings is 1. The number of carbonyl (C=O) groups excluding carboxylic acids is 1. The van der Waals surface area contributed by atoms with Crippen LogP contribution in [-0.4, -0.2) is 41.5 Å². The lowest BCUT2D eigenvalue weighted by Gasteiger charge is -2.34. The van der Waals surface area contributed by atoms with Crippen molar-refractivity contribution in [2.24, 2.45) is 0 Å². The Morgan fingerprint density at radius 3 is 2.92 bits per heavy atom. The predicted octanol–water partition coefficient (Wildman–Crippen LogP) is 3.45. The molecule has 2 fully saturated rings. The molecule has 2 aliphatic rings. The van der Waals surface area contributed by atoms with Crippen molar-refractivity contribution in [1.82, 2.24) is 15.2 Å². The van der Waals surface area contributed by atoms with E-state index in [-0.39, 0.29) is 18.1 Å². The highest BCUT2D eigenvalue weighted by Crippen LogP contribution is 2.25. The van der Waals surface area contributed by atoms with Crippen LogP contribution in [0.2, 0.25) is 5.02 Å². The van der Waals surface area contributed by atoms with Crippen molar-refractivity contribution < 1.29 is 9.53 Å². The maximum Gasteiger partial charge on any atom is 0.254 e. The smallest absolute Gasteiger partial charge is 0.254 e. The van der Waals surface area contributed by atoms with E-state index in [1.165, 1.54) is 6.42 Å². The summed E-state index contributed by atoms with van der Waals surface area (Å²) in [5, 5.41) is 4.17. The second kappa shape index (κ2) is 7.64. The molecule has 2 heterocycles. The first-order valence-corrected chi connectivity index (χ1v) is 9.48. The second-order valence-corrected chi connectivity index (χ2v) is 7.30. The fraction of sp³-hybridized carbons (Fsp3) is 0.400. The number of hydrogen-bond donors (Lipinski definition) is 1. The number of hydrogen-bond acceptors (Lipinski definition) is 4. The van der Waals surface area contributed by atoms with Crippen LogP contribution < -0.4 is 10.1 Å². The summed E-state index contributed by atoms with van der Waals surface area (Å²) in [6.45, 7) is 2.04. The minimum atomic E-state index is 0.0133. The van der Waals surface area contributed by atoms with Crippen molar-refractivity contribution in [3.63, 3.8) is 0 Å². The van der Waals surface area contributed by atoms with Gasteiger partial charge in [0.05, 0.1) is 6.04 Å². The molecule has 1 aliphatic carbocycles. The van der Waals surface area contributed by atoms with Crippen LogP contribution in [0, 0.1) is 0 Å². The molecule has 136 valence electrons. The molecule has 1 N–H and O–H groups in total. The Hall–Kier alpha value is -2.11. The zero-order valence-electron chi connectivity index (χ0n) is 14.5. The Kier molecular flexibility index (Phi) is 5.09. The van der Waals surface area contributed by atoms with Gasteiger partial charge in [0.25, 0.3) is 5.91 Å². The quantitative estimate of drug-likeness (QED) is 0.894. The number of benzene rings is 1. The van der Waals surface area contributed by atoms with Crippen LogP contribution in [0.4, 0.5) is 0 Å². The summed E-state index contributed by atoms with van der Waals surface area (Å²) in [5.74, 6) is 0.557. The number of nitrogens with one attached hydrogen (secondary N) is 1. The van der Waals surface area contributed by atoms with Gasteiger partial charge in [-0.3, -0.25) is 4.79 Å². The summed E-state index contributed by atoms with van der Waals surface area (Å²) in [5.41, 5.74) is 1.72. The van der Waals surface area contributed by atoms with Crippen LogP contribution in [0.5, 0.6) is 5.88 Å².